The quantitative estimate of drug-likeness (QED) is 0.749. The number of hydrogen-bond donors (Lipinski definition) is 1. The first-order valence-corrected chi connectivity index (χ1v) is 8.40. The van der Waals surface area contributed by atoms with E-state index in [1.807, 2.05) is 37.2 Å². The average Bonchev–Trinajstić information content (AvgIpc) is 2.93. The first-order valence-electron chi connectivity index (χ1n) is 7.59. The number of carboxylic acid groups (broad SMARTS) is 1. The van der Waals surface area contributed by atoms with Crippen LogP contribution in [0.25, 0.3) is 10.2 Å². The molecule has 3 rings (SSSR count). The Morgan fingerprint density at radius 1 is 1.20 bits per heavy atom. The summed E-state index contributed by atoms with van der Waals surface area (Å²) < 4.78 is 27.7. The van der Waals surface area contributed by atoms with Gasteiger partial charge < -0.3 is 10.0 Å². The van der Waals surface area contributed by atoms with E-state index in [-0.39, 0.29) is 11.9 Å². The van der Waals surface area contributed by atoms with E-state index in [1.54, 1.807) is 0 Å². The molecule has 0 unspecified atom stereocenters. The molecule has 25 heavy (non-hydrogen) atoms. The van der Waals surface area contributed by atoms with Crippen LogP contribution in [0.15, 0.2) is 30.3 Å². The minimum absolute atomic E-state index is 0.0366. The predicted octanol–water partition coefficient (Wildman–Crippen LogP) is 3.86. The second kappa shape index (κ2) is 6.76. The molecule has 0 saturated heterocycles. The molecule has 0 saturated carbocycles. The molecule has 130 valence electrons. The Morgan fingerprint density at radius 3 is 2.60 bits per heavy atom. The van der Waals surface area contributed by atoms with Crippen molar-refractivity contribution in [2.75, 3.05) is 19.0 Å². The molecule has 1 heterocycles. The van der Waals surface area contributed by atoms with Gasteiger partial charge in [-0.25, -0.2) is 13.8 Å². The maximum atomic E-state index is 13.8. The van der Waals surface area contributed by atoms with Gasteiger partial charge in [-0.05, 0) is 35.4 Å². The minimum Gasteiger partial charge on any atom is -0.481 e. The second-order valence-corrected chi connectivity index (χ2v) is 7.08. The van der Waals surface area contributed by atoms with Crippen LogP contribution in [0.2, 0.25) is 0 Å². The number of fused-ring (bicyclic) bond motifs is 1. The van der Waals surface area contributed by atoms with Gasteiger partial charge in [0.15, 0.2) is 11.6 Å². The van der Waals surface area contributed by atoms with E-state index in [0.717, 1.165) is 17.3 Å². The van der Waals surface area contributed by atoms with Crippen LogP contribution in [0.4, 0.5) is 14.5 Å². The number of aromatic nitrogens is 1. The Bertz CT molecular complexity index is 954. The number of rotatable bonds is 5. The van der Waals surface area contributed by atoms with Gasteiger partial charge in [0.25, 0.3) is 0 Å². The normalized spacial score (nSPS) is 11.0. The SMILES string of the molecule is CN(C)c1cc(CC(=O)O)cc(Cc2nc3c(F)c(F)ccc3s2)c1. The molecular weight excluding hydrogens is 346 g/mol. The molecule has 1 N–H and O–H groups in total. The molecule has 0 spiro atoms. The Labute approximate surface area is 147 Å². The number of halogens is 2. The third kappa shape index (κ3) is 3.76. The number of benzene rings is 2. The van der Waals surface area contributed by atoms with Crippen LogP contribution in [0.1, 0.15) is 16.1 Å². The van der Waals surface area contributed by atoms with E-state index < -0.39 is 17.6 Å². The van der Waals surface area contributed by atoms with Crippen molar-refractivity contribution in [2.24, 2.45) is 0 Å². The fourth-order valence-electron chi connectivity index (χ4n) is 2.61. The summed E-state index contributed by atoms with van der Waals surface area (Å²) in [5, 5.41) is 9.68. The molecule has 0 aliphatic carbocycles. The zero-order valence-electron chi connectivity index (χ0n) is 13.7. The van der Waals surface area contributed by atoms with Crippen molar-refractivity contribution in [2.45, 2.75) is 12.8 Å². The summed E-state index contributed by atoms with van der Waals surface area (Å²) in [5.74, 6) is -2.75. The smallest absolute Gasteiger partial charge is 0.307 e. The van der Waals surface area contributed by atoms with Gasteiger partial charge in [0.2, 0.25) is 0 Å². The first kappa shape index (κ1) is 17.3. The maximum Gasteiger partial charge on any atom is 0.307 e. The Kier molecular flexibility index (Phi) is 4.67. The fraction of sp³-hybridized carbons (Fsp3) is 0.222. The number of nitrogens with zero attached hydrogens (tertiary/aromatic N) is 2. The topological polar surface area (TPSA) is 53.4 Å². The van der Waals surface area contributed by atoms with Crippen LogP contribution in [-0.2, 0) is 17.6 Å². The second-order valence-electron chi connectivity index (χ2n) is 5.97. The number of thiazole rings is 1. The summed E-state index contributed by atoms with van der Waals surface area (Å²) in [6, 6.07) is 8.18. The monoisotopic (exact) mass is 362 g/mol. The summed E-state index contributed by atoms with van der Waals surface area (Å²) in [6.07, 6.45) is 0.350. The maximum absolute atomic E-state index is 13.8. The molecule has 0 fully saturated rings. The number of carboxylic acids is 1. The van der Waals surface area contributed by atoms with E-state index in [9.17, 15) is 13.6 Å². The van der Waals surface area contributed by atoms with Gasteiger partial charge >= 0.3 is 5.97 Å². The van der Waals surface area contributed by atoms with Crippen molar-refractivity contribution >= 4 is 33.2 Å². The van der Waals surface area contributed by atoms with Crippen LogP contribution < -0.4 is 4.90 Å². The molecule has 0 atom stereocenters. The first-order chi connectivity index (χ1) is 11.8. The third-order valence-corrected chi connectivity index (χ3v) is 4.78. The molecule has 4 nitrogen and oxygen atoms in total. The van der Waals surface area contributed by atoms with E-state index in [2.05, 4.69) is 4.98 Å². The molecule has 0 aliphatic rings. The van der Waals surface area contributed by atoms with Crippen LogP contribution >= 0.6 is 11.3 Å². The highest BCUT2D eigenvalue weighted by molar-refractivity contribution is 7.18. The third-order valence-electron chi connectivity index (χ3n) is 3.76. The highest BCUT2D eigenvalue weighted by Gasteiger charge is 2.14. The van der Waals surface area contributed by atoms with Crippen molar-refractivity contribution in [3.05, 3.63) is 58.1 Å². The molecule has 7 heteroatoms. The van der Waals surface area contributed by atoms with Gasteiger partial charge in [-0.1, -0.05) is 6.07 Å². The van der Waals surface area contributed by atoms with Crippen molar-refractivity contribution < 1.29 is 18.7 Å². The summed E-state index contributed by atoms with van der Waals surface area (Å²) in [4.78, 5) is 17.1. The van der Waals surface area contributed by atoms with E-state index in [4.69, 9.17) is 5.11 Å². The molecule has 2 aromatic carbocycles. The van der Waals surface area contributed by atoms with Gasteiger partial charge in [0.05, 0.1) is 16.1 Å². The summed E-state index contributed by atoms with van der Waals surface area (Å²) in [7, 11) is 3.75. The lowest BCUT2D eigenvalue weighted by Crippen LogP contribution is -2.10. The summed E-state index contributed by atoms with van der Waals surface area (Å²) >= 11 is 1.30. The molecule has 0 aliphatic heterocycles. The fourth-order valence-corrected chi connectivity index (χ4v) is 3.61. The predicted molar refractivity (Wildman–Crippen MR) is 94.5 cm³/mol. The van der Waals surface area contributed by atoms with Gasteiger partial charge in [0, 0.05) is 26.2 Å². The summed E-state index contributed by atoms with van der Waals surface area (Å²) in [6.45, 7) is 0. The standard InChI is InChI=1S/C18H16F2N2O2S/c1-22(2)12-6-10(5-11(7-12)9-16(23)24)8-15-21-18-14(25-15)4-3-13(19)17(18)20/h3-7H,8-9H2,1-2H3,(H,23,24). The summed E-state index contributed by atoms with van der Waals surface area (Å²) in [5.41, 5.74) is 2.48. The van der Waals surface area contributed by atoms with Gasteiger partial charge in [-0.2, -0.15) is 0 Å². The Balaban J connectivity index is 1.97. The highest BCUT2D eigenvalue weighted by atomic mass is 32.1. The Hall–Kier alpha value is -2.54. The van der Waals surface area contributed by atoms with Crippen molar-refractivity contribution in [3.8, 4) is 0 Å². The lowest BCUT2D eigenvalue weighted by molar-refractivity contribution is -0.136. The lowest BCUT2D eigenvalue weighted by Gasteiger charge is -2.15. The molecule has 1 aromatic heterocycles. The van der Waals surface area contributed by atoms with Crippen LogP contribution in [-0.4, -0.2) is 30.2 Å². The van der Waals surface area contributed by atoms with Gasteiger partial charge in [0.1, 0.15) is 5.52 Å². The molecule has 0 bridgehead atoms. The molecule has 3 aromatic rings. The molecule has 0 amide bonds. The van der Waals surface area contributed by atoms with Crippen molar-refractivity contribution in [1.29, 1.82) is 0 Å². The van der Waals surface area contributed by atoms with Crippen molar-refractivity contribution in [1.82, 2.24) is 4.98 Å². The van der Waals surface area contributed by atoms with Crippen LogP contribution in [0, 0.1) is 11.6 Å². The van der Waals surface area contributed by atoms with Crippen molar-refractivity contribution in [3.63, 3.8) is 0 Å². The van der Waals surface area contributed by atoms with E-state index in [1.165, 1.54) is 17.4 Å². The molecule has 0 radical (unpaired) electrons. The van der Waals surface area contributed by atoms with Crippen LogP contribution in [0.5, 0.6) is 0 Å². The average molecular weight is 362 g/mol. The number of carbonyl (C=O) groups is 1. The largest absolute Gasteiger partial charge is 0.481 e. The zero-order valence-corrected chi connectivity index (χ0v) is 14.5. The highest BCUT2D eigenvalue weighted by Crippen LogP contribution is 2.28. The zero-order chi connectivity index (χ0) is 18.1. The van der Waals surface area contributed by atoms with Gasteiger partial charge in [-0.3, -0.25) is 4.79 Å². The Morgan fingerprint density at radius 2 is 1.92 bits per heavy atom. The lowest BCUT2D eigenvalue weighted by atomic mass is 10.0. The number of anilines is 1. The number of hydrogen-bond acceptors (Lipinski definition) is 4. The van der Waals surface area contributed by atoms with Crippen LogP contribution in [0.3, 0.4) is 0 Å². The minimum atomic E-state index is -0.936. The molecular formula is C18H16F2N2O2S. The van der Waals surface area contributed by atoms with Gasteiger partial charge in [-0.15, -0.1) is 11.3 Å². The van der Waals surface area contributed by atoms with E-state index in [0.29, 0.717) is 21.7 Å². The number of aliphatic carboxylic acids is 1. The van der Waals surface area contributed by atoms with E-state index >= 15 is 0 Å².